The van der Waals surface area contributed by atoms with E-state index in [2.05, 4.69) is 10.0 Å². The Morgan fingerprint density at radius 1 is 1.15 bits per heavy atom. The molecule has 0 aliphatic rings. The molecule has 1 aromatic rings. The molecule has 0 heterocycles. The van der Waals surface area contributed by atoms with Crippen LogP contribution < -0.4 is 15.4 Å². The molecule has 3 N–H and O–H groups in total. The zero-order valence-corrected chi connectivity index (χ0v) is 16.8. The Bertz CT molecular complexity index is 828. The number of imide groups is 1. The summed E-state index contributed by atoms with van der Waals surface area (Å²) in [4.78, 5) is 35.4. The zero-order valence-electron chi connectivity index (χ0n) is 16.0. The van der Waals surface area contributed by atoms with E-state index in [1.54, 1.807) is 34.6 Å². The number of carbonyl (C=O) groups is 3. The second kappa shape index (κ2) is 8.96. The Kier molecular flexibility index (Phi) is 7.49. The van der Waals surface area contributed by atoms with Crippen LogP contribution in [0.25, 0.3) is 0 Å². The number of hydrogen-bond acceptors (Lipinski definition) is 6. The van der Waals surface area contributed by atoms with Gasteiger partial charge in [0.05, 0.1) is 10.5 Å². The number of esters is 1. The van der Waals surface area contributed by atoms with Gasteiger partial charge in [-0.05, 0) is 45.4 Å². The molecular weight excluding hydrogens is 374 g/mol. The molecule has 27 heavy (non-hydrogen) atoms. The van der Waals surface area contributed by atoms with Crippen molar-refractivity contribution in [3.05, 3.63) is 29.3 Å². The molecule has 10 heteroatoms. The van der Waals surface area contributed by atoms with Gasteiger partial charge < -0.3 is 10.1 Å². The monoisotopic (exact) mass is 399 g/mol. The maximum Gasteiger partial charge on any atom is 0.338 e. The molecule has 150 valence electrons. The molecule has 0 saturated carbocycles. The average Bonchev–Trinajstić information content (AvgIpc) is 2.50. The van der Waals surface area contributed by atoms with Gasteiger partial charge in [0.15, 0.2) is 6.61 Å². The van der Waals surface area contributed by atoms with E-state index >= 15 is 0 Å². The van der Waals surface area contributed by atoms with Crippen LogP contribution in [-0.4, -0.2) is 45.0 Å². The van der Waals surface area contributed by atoms with Gasteiger partial charge >= 0.3 is 12.0 Å². The van der Waals surface area contributed by atoms with Crippen LogP contribution in [0, 0.1) is 6.92 Å². The minimum Gasteiger partial charge on any atom is -0.452 e. The molecule has 0 spiro atoms. The molecule has 9 nitrogen and oxygen atoms in total. The minimum atomic E-state index is -3.74. The third kappa shape index (κ3) is 7.35. The van der Waals surface area contributed by atoms with E-state index in [9.17, 15) is 22.8 Å². The van der Waals surface area contributed by atoms with Crippen LogP contribution in [0.4, 0.5) is 4.79 Å². The summed E-state index contributed by atoms with van der Waals surface area (Å²) in [6.07, 6.45) is 0. The Balaban J connectivity index is 2.78. The Morgan fingerprint density at radius 3 is 2.33 bits per heavy atom. The molecule has 0 unspecified atom stereocenters. The summed E-state index contributed by atoms with van der Waals surface area (Å²) in [5, 5.41) is 4.57. The van der Waals surface area contributed by atoms with E-state index in [4.69, 9.17) is 4.74 Å². The van der Waals surface area contributed by atoms with Crippen molar-refractivity contribution in [2.45, 2.75) is 45.1 Å². The molecule has 0 radical (unpaired) electrons. The summed E-state index contributed by atoms with van der Waals surface area (Å²) in [6.45, 7) is 8.00. The van der Waals surface area contributed by atoms with Crippen molar-refractivity contribution in [2.24, 2.45) is 0 Å². The summed E-state index contributed by atoms with van der Waals surface area (Å²) >= 11 is 0. The van der Waals surface area contributed by atoms with Gasteiger partial charge in [-0.15, -0.1) is 0 Å². The van der Waals surface area contributed by atoms with Crippen LogP contribution in [0.1, 0.15) is 43.6 Å². The van der Waals surface area contributed by atoms with Gasteiger partial charge in [-0.2, -0.15) is 0 Å². The fourth-order valence-electron chi connectivity index (χ4n) is 2.00. The van der Waals surface area contributed by atoms with Crippen LogP contribution in [0.3, 0.4) is 0 Å². The highest BCUT2D eigenvalue weighted by Gasteiger charge is 2.20. The molecule has 0 atom stereocenters. The van der Waals surface area contributed by atoms with Crippen molar-refractivity contribution in [3.8, 4) is 0 Å². The lowest BCUT2D eigenvalue weighted by Crippen LogP contribution is -2.49. The third-order valence-corrected chi connectivity index (χ3v) is 4.69. The van der Waals surface area contributed by atoms with Gasteiger partial charge in [-0.3, -0.25) is 10.1 Å². The van der Waals surface area contributed by atoms with E-state index in [1.807, 2.05) is 5.32 Å². The van der Waals surface area contributed by atoms with Gasteiger partial charge in [0.2, 0.25) is 10.0 Å². The van der Waals surface area contributed by atoms with E-state index in [0.29, 0.717) is 5.56 Å². The first-order valence-electron chi connectivity index (χ1n) is 8.25. The smallest absolute Gasteiger partial charge is 0.338 e. The zero-order chi connectivity index (χ0) is 20.8. The number of amides is 3. The molecule has 1 rings (SSSR count). The van der Waals surface area contributed by atoms with Gasteiger partial charge in [-0.1, -0.05) is 13.0 Å². The number of urea groups is 1. The third-order valence-electron chi connectivity index (χ3n) is 3.15. The van der Waals surface area contributed by atoms with Crippen LogP contribution in [0.2, 0.25) is 0 Å². The second-order valence-corrected chi connectivity index (χ2v) is 8.57. The van der Waals surface area contributed by atoms with Crippen LogP contribution >= 0.6 is 0 Å². The molecular formula is C17H25N3O6S. The molecule has 1 aromatic carbocycles. The molecule has 3 amide bonds. The van der Waals surface area contributed by atoms with Gasteiger partial charge in [0.1, 0.15) is 0 Å². The molecule has 0 aliphatic carbocycles. The Morgan fingerprint density at radius 2 is 1.78 bits per heavy atom. The maximum absolute atomic E-state index is 12.2. The van der Waals surface area contributed by atoms with Crippen molar-refractivity contribution in [2.75, 3.05) is 13.2 Å². The summed E-state index contributed by atoms with van der Waals surface area (Å²) < 4.78 is 31.3. The normalized spacial score (nSPS) is 11.6. The molecule has 0 aromatic heterocycles. The highest BCUT2D eigenvalue weighted by Crippen LogP contribution is 2.16. The number of ether oxygens (including phenoxy) is 1. The van der Waals surface area contributed by atoms with Gasteiger partial charge in [-0.25, -0.2) is 22.7 Å². The fraction of sp³-hybridized carbons (Fsp3) is 0.471. The van der Waals surface area contributed by atoms with E-state index < -0.39 is 40.1 Å². The summed E-state index contributed by atoms with van der Waals surface area (Å²) in [7, 11) is -3.74. The van der Waals surface area contributed by atoms with Gasteiger partial charge in [0.25, 0.3) is 5.91 Å². The second-order valence-electron chi connectivity index (χ2n) is 6.81. The fourth-order valence-corrected chi connectivity index (χ4v) is 3.07. The molecule has 0 fully saturated rings. The summed E-state index contributed by atoms with van der Waals surface area (Å²) in [6, 6.07) is 3.31. The van der Waals surface area contributed by atoms with Crippen molar-refractivity contribution in [1.82, 2.24) is 15.4 Å². The SMILES string of the molecule is CCNS(=O)(=O)c1ccc(C)c(C(=O)OCC(=O)NC(=O)NC(C)(C)C)c1. The Labute approximate surface area is 158 Å². The van der Waals surface area contributed by atoms with E-state index in [0.717, 1.165) is 0 Å². The molecule has 0 saturated heterocycles. The van der Waals surface area contributed by atoms with Gasteiger partial charge in [0, 0.05) is 12.1 Å². The quantitative estimate of drug-likeness (QED) is 0.614. The van der Waals surface area contributed by atoms with E-state index in [-0.39, 0.29) is 17.0 Å². The lowest BCUT2D eigenvalue weighted by Gasteiger charge is -2.20. The predicted molar refractivity (Wildman–Crippen MR) is 98.8 cm³/mol. The van der Waals surface area contributed by atoms with Crippen molar-refractivity contribution < 1.29 is 27.5 Å². The van der Waals surface area contributed by atoms with Crippen molar-refractivity contribution in [1.29, 1.82) is 0 Å². The van der Waals surface area contributed by atoms with Crippen LogP contribution in [0.15, 0.2) is 23.1 Å². The first-order valence-corrected chi connectivity index (χ1v) is 9.73. The number of rotatable bonds is 6. The van der Waals surface area contributed by atoms with E-state index in [1.165, 1.54) is 18.2 Å². The largest absolute Gasteiger partial charge is 0.452 e. The number of sulfonamides is 1. The number of carbonyl (C=O) groups excluding carboxylic acids is 3. The maximum atomic E-state index is 12.2. The van der Waals surface area contributed by atoms with Crippen LogP contribution in [0.5, 0.6) is 0 Å². The first kappa shape index (κ1) is 22.6. The standard InChI is InChI=1S/C17H25N3O6S/c1-6-18-27(24,25)12-8-7-11(2)13(9-12)15(22)26-10-14(21)19-16(23)20-17(3,4)5/h7-9,18H,6,10H2,1-5H3,(H2,19,20,21,23). The molecule has 0 aliphatic heterocycles. The average molecular weight is 399 g/mol. The predicted octanol–water partition coefficient (Wildman–Crippen LogP) is 1.07. The lowest BCUT2D eigenvalue weighted by molar-refractivity contribution is -0.123. The number of aryl methyl sites for hydroxylation is 1. The highest BCUT2D eigenvalue weighted by atomic mass is 32.2. The van der Waals surface area contributed by atoms with Crippen molar-refractivity contribution in [3.63, 3.8) is 0 Å². The highest BCUT2D eigenvalue weighted by molar-refractivity contribution is 7.89. The number of hydrogen-bond donors (Lipinski definition) is 3. The topological polar surface area (TPSA) is 131 Å². The van der Waals surface area contributed by atoms with Crippen molar-refractivity contribution >= 4 is 27.9 Å². The van der Waals surface area contributed by atoms with Crippen LogP contribution in [-0.2, 0) is 19.6 Å². The number of benzene rings is 1. The summed E-state index contributed by atoms with van der Waals surface area (Å²) in [5.74, 6) is -1.67. The number of nitrogens with one attached hydrogen (secondary N) is 3. The first-order chi connectivity index (χ1) is 12.4. The Hall–Kier alpha value is -2.46. The molecule has 0 bridgehead atoms. The summed E-state index contributed by atoms with van der Waals surface area (Å²) in [5.41, 5.74) is -0.0291. The minimum absolute atomic E-state index is 0.0147. The lowest BCUT2D eigenvalue weighted by atomic mass is 10.1.